The molecule has 2 heterocycles. The number of carbonyl (C=O) groups excluding carboxylic acids is 1. The molecule has 2 aliphatic rings. The molecule has 1 atom stereocenters. The van der Waals surface area contributed by atoms with E-state index in [0.717, 1.165) is 37.1 Å². The third kappa shape index (κ3) is 4.47. The maximum atomic E-state index is 13.9. The summed E-state index contributed by atoms with van der Waals surface area (Å²) < 4.78 is 34.6. The lowest BCUT2D eigenvalue weighted by Crippen LogP contribution is -2.50. The number of nitrogens with zero attached hydrogens (tertiary/aromatic N) is 1. The fraction of sp³-hybridized carbons (Fsp3) is 0.321. The highest BCUT2D eigenvalue weighted by atomic mass is 35.5. The standard InChI is InChI=1S/C28H30ClN3O4S/c1-19-28(13-15-30-16-14-28)24-17-20(27(33)31-18-21-5-3-4-6-25(21)29)7-12-26(24)32(19)37(34,35)23-10-8-22(36-2)9-11-23/h3-12,17,19,30H,13-16,18H2,1-2H3,(H,31,33). The third-order valence-corrected chi connectivity index (χ3v) is 9.96. The topological polar surface area (TPSA) is 87.7 Å². The van der Waals surface area contributed by atoms with Crippen LogP contribution in [-0.4, -0.2) is 40.6 Å². The van der Waals surface area contributed by atoms with Gasteiger partial charge in [-0.3, -0.25) is 9.10 Å². The molecule has 1 amide bonds. The van der Waals surface area contributed by atoms with E-state index in [9.17, 15) is 13.2 Å². The number of sulfonamides is 1. The molecule has 1 fully saturated rings. The number of hydrogen-bond acceptors (Lipinski definition) is 5. The summed E-state index contributed by atoms with van der Waals surface area (Å²) >= 11 is 6.24. The molecule has 0 aromatic heterocycles. The van der Waals surface area contributed by atoms with Crippen molar-refractivity contribution in [3.8, 4) is 5.75 Å². The van der Waals surface area contributed by atoms with E-state index in [-0.39, 0.29) is 22.3 Å². The van der Waals surface area contributed by atoms with Crippen molar-refractivity contribution in [2.24, 2.45) is 0 Å². The van der Waals surface area contributed by atoms with Crippen LogP contribution in [0.15, 0.2) is 71.6 Å². The highest BCUT2D eigenvalue weighted by Gasteiger charge is 2.53. The summed E-state index contributed by atoms with van der Waals surface area (Å²) in [7, 11) is -2.30. The van der Waals surface area contributed by atoms with Crippen LogP contribution in [0.5, 0.6) is 5.75 Å². The fourth-order valence-corrected chi connectivity index (χ4v) is 7.55. The lowest BCUT2D eigenvalue weighted by atomic mass is 9.70. The minimum Gasteiger partial charge on any atom is -0.497 e. The second kappa shape index (κ2) is 10.0. The van der Waals surface area contributed by atoms with Gasteiger partial charge < -0.3 is 15.4 Å². The van der Waals surface area contributed by atoms with Crippen molar-refractivity contribution in [2.75, 3.05) is 24.5 Å². The molecule has 9 heteroatoms. The van der Waals surface area contributed by atoms with E-state index in [1.807, 2.05) is 31.2 Å². The van der Waals surface area contributed by atoms with Gasteiger partial charge in [0, 0.05) is 22.5 Å². The number of rotatable bonds is 6. The average Bonchev–Trinajstić information content (AvgIpc) is 3.15. The molecule has 0 aliphatic carbocycles. The molecule has 3 aromatic carbocycles. The Kier molecular flexibility index (Phi) is 6.91. The normalized spacial score (nSPS) is 18.5. The first-order valence-corrected chi connectivity index (χ1v) is 14.1. The molecule has 194 valence electrons. The Hall–Kier alpha value is -3.07. The molecule has 0 bridgehead atoms. The molecule has 1 saturated heterocycles. The maximum Gasteiger partial charge on any atom is 0.264 e. The summed E-state index contributed by atoms with van der Waals surface area (Å²) in [6.07, 6.45) is 1.56. The molecular formula is C28H30ClN3O4S. The van der Waals surface area contributed by atoms with Crippen LogP contribution in [0.4, 0.5) is 5.69 Å². The Balaban J connectivity index is 1.51. The number of amides is 1. The largest absolute Gasteiger partial charge is 0.497 e. The first-order chi connectivity index (χ1) is 17.8. The number of anilines is 1. The van der Waals surface area contributed by atoms with Crippen molar-refractivity contribution >= 4 is 33.2 Å². The molecule has 2 aliphatic heterocycles. The quantitative estimate of drug-likeness (QED) is 0.481. The van der Waals surface area contributed by atoms with Gasteiger partial charge >= 0.3 is 0 Å². The highest BCUT2D eigenvalue weighted by molar-refractivity contribution is 7.92. The molecule has 0 radical (unpaired) electrons. The summed E-state index contributed by atoms with van der Waals surface area (Å²) in [6, 6.07) is 18.9. The van der Waals surface area contributed by atoms with Crippen LogP contribution in [0.1, 0.15) is 41.3 Å². The van der Waals surface area contributed by atoms with Crippen molar-refractivity contribution in [1.82, 2.24) is 10.6 Å². The van der Waals surface area contributed by atoms with Crippen molar-refractivity contribution in [2.45, 2.75) is 42.7 Å². The molecule has 2 N–H and O–H groups in total. The van der Waals surface area contributed by atoms with Gasteiger partial charge in [0.1, 0.15) is 5.75 Å². The van der Waals surface area contributed by atoms with Crippen LogP contribution in [0.25, 0.3) is 0 Å². The van der Waals surface area contributed by atoms with Crippen molar-refractivity contribution in [3.05, 3.63) is 88.4 Å². The molecule has 1 unspecified atom stereocenters. The van der Waals surface area contributed by atoms with E-state index in [1.54, 1.807) is 53.9 Å². The van der Waals surface area contributed by atoms with Gasteiger partial charge in [-0.1, -0.05) is 29.8 Å². The number of hydrogen-bond donors (Lipinski definition) is 2. The lowest BCUT2D eigenvalue weighted by Gasteiger charge is -2.40. The molecule has 7 nitrogen and oxygen atoms in total. The van der Waals surface area contributed by atoms with Gasteiger partial charge in [0.25, 0.3) is 15.9 Å². The van der Waals surface area contributed by atoms with Crippen LogP contribution < -0.4 is 19.7 Å². The predicted octanol–water partition coefficient (Wildman–Crippen LogP) is 4.50. The SMILES string of the molecule is COc1ccc(S(=O)(=O)N2c3ccc(C(=O)NCc4ccccc4Cl)cc3C3(CCNCC3)C2C)cc1. The van der Waals surface area contributed by atoms with E-state index in [0.29, 0.717) is 28.6 Å². The van der Waals surface area contributed by atoms with Crippen LogP contribution in [-0.2, 0) is 22.0 Å². The number of benzene rings is 3. The minimum atomic E-state index is -3.84. The van der Waals surface area contributed by atoms with Crippen molar-refractivity contribution in [1.29, 1.82) is 0 Å². The van der Waals surface area contributed by atoms with Crippen LogP contribution in [0.2, 0.25) is 5.02 Å². The summed E-state index contributed by atoms with van der Waals surface area (Å²) in [5, 5.41) is 6.94. The Bertz CT molecular complexity index is 1420. The smallest absolute Gasteiger partial charge is 0.264 e. The summed E-state index contributed by atoms with van der Waals surface area (Å²) in [6.45, 7) is 3.84. The van der Waals surface area contributed by atoms with Crippen molar-refractivity contribution in [3.63, 3.8) is 0 Å². The van der Waals surface area contributed by atoms with Gasteiger partial charge in [-0.2, -0.15) is 0 Å². The van der Waals surface area contributed by atoms with E-state index < -0.39 is 10.0 Å². The number of carbonyl (C=O) groups is 1. The van der Waals surface area contributed by atoms with Crippen LogP contribution in [0.3, 0.4) is 0 Å². The van der Waals surface area contributed by atoms with E-state index in [1.165, 1.54) is 0 Å². The van der Waals surface area contributed by atoms with Gasteiger partial charge in [-0.05, 0) is 92.5 Å². The number of ether oxygens (including phenoxy) is 1. The monoisotopic (exact) mass is 539 g/mol. The zero-order valence-electron chi connectivity index (χ0n) is 20.8. The molecule has 3 aromatic rings. The molecule has 37 heavy (non-hydrogen) atoms. The van der Waals surface area contributed by atoms with E-state index >= 15 is 0 Å². The second-order valence-corrected chi connectivity index (χ2v) is 11.8. The predicted molar refractivity (Wildman–Crippen MR) is 145 cm³/mol. The Labute approximate surface area is 222 Å². The zero-order valence-corrected chi connectivity index (χ0v) is 22.4. The summed E-state index contributed by atoms with van der Waals surface area (Å²) in [4.78, 5) is 13.3. The van der Waals surface area contributed by atoms with Crippen LogP contribution in [0, 0.1) is 0 Å². The van der Waals surface area contributed by atoms with Gasteiger partial charge in [0.2, 0.25) is 0 Å². The highest BCUT2D eigenvalue weighted by Crippen LogP contribution is 2.52. The van der Waals surface area contributed by atoms with Crippen molar-refractivity contribution < 1.29 is 17.9 Å². The fourth-order valence-electron chi connectivity index (χ4n) is 5.60. The van der Waals surface area contributed by atoms with Gasteiger partial charge in [-0.25, -0.2) is 8.42 Å². The van der Waals surface area contributed by atoms with Gasteiger partial charge in [-0.15, -0.1) is 0 Å². The third-order valence-electron chi connectivity index (χ3n) is 7.69. The minimum absolute atomic E-state index is 0.207. The first kappa shape index (κ1) is 25.6. The number of nitrogens with one attached hydrogen (secondary N) is 2. The zero-order chi connectivity index (χ0) is 26.2. The summed E-state index contributed by atoms with van der Waals surface area (Å²) in [5.41, 5.74) is 2.48. The van der Waals surface area contributed by atoms with E-state index in [2.05, 4.69) is 10.6 Å². The summed E-state index contributed by atoms with van der Waals surface area (Å²) in [5.74, 6) is 0.368. The van der Waals surface area contributed by atoms with Gasteiger partial charge in [0.15, 0.2) is 0 Å². The Morgan fingerprint density at radius 3 is 2.49 bits per heavy atom. The maximum absolute atomic E-state index is 13.9. The molecule has 1 spiro atoms. The number of halogens is 1. The molecule has 0 saturated carbocycles. The number of fused-ring (bicyclic) bond motifs is 2. The molecular weight excluding hydrogens is 510 g/mol. The number of piperidine rings is 1. The van der Waals surface area contributed by atoms with E-state index in [4.69, 9.17) is 16.3 Å². The second-order valence-electron chi connectivity index (χ2n) is 9.56. The average molecular weight is 540 g/mol. The Morgan fingerprint density at radius 2 is 1.81 bits per heavy atom. The Morgan fingerprint density at radius 1 is 1.11 bits per heavy atom. The van der Waals surface area contributed by atoms with Gasteiger partial charge in [0.05, 0.1) is 23.7 Å². The lowest BCUT2D eigenvalue weighted by molar-refractivity contribution is 0.0950. The van der Waals surface area contributed by atoms with Crippen LogP contribution >= 0.6 is 11.6 Å². The number of methoxy groups -OCH3 is 1. The first-order valence-electron chi connectivity index (χ1n) is 12.3. The molecule has 5 rings (SSSR count).